The first kappa shape index (κ1) is 16.4. The molecule has 2 nitrogen and oxygen atoms in total. The normalized spacial score (nSPS) is 14.2. The highest BCUT2D eigenvalue weighted by molar-refractivity contribution is 6.74. The van der Waals surface area contributed by atoms with Gasteiger partial charge < -0.3 is 9.16 Å². The van der Waals surface area contributed by atoms with Crippen molar-refractivity contribution in [2.24, 2.45) is 0 Å². The van der Waals surface area contributed by atoms with E-state index in [4.69, 9.17) is 20.8 Å². The largest absolute Gasteiger partial charge is 0.414 e. The van der Waals surface area contributed by atoms with E-state index < -0.39 is 8.32 Å². The topological polar surface area (TPSA) is 18.5 Å². The molecule has 0 aliphatic heterocycles. The van der Waals surface area contributed by atoms with Gasteiger partial charge in [-0.15, -0.1) is 11.6 Å². The summed E-state index contributed by atoms with van der Waals surface area (Å²) < 4.78 is 11.8. The van der Waals surface area contributed by atoms with Gasteiger partial charge in [0.05, 0.1) is 18.8 Å². The van der Waals surface area contributed by atoms with E-state index in [1.165, 1.54) is 0 Å². The van der Waals surface area contributed by atoms with Crippen molar-refractivity contribution in [1.29, 1.82) is 0 Å². The molecule has 0 radical (unpaired) electrons. The second-order valence-electron chi connectivity index (χ2n) is 6.35. The van der Waals surface area contributed by atoms with Gasteiger partial charge in [-0.2, -0.15) is 0 Å². The van der Waals surface area contributed by atoms with Gasteiger partial charge >= 0.3 is 0 Å². The van der Waals surface area contributed by atoms with Gasteiger partial charge in [0.25, 0.3) is 0 Å². The lowest BCUT2D eigenvalue weighted by atomic mass is 10.1. The lowest BCUT2D eigenvalue weighted by Crippen LogP contribution is -2.45. The Hall–Kier alpha value is 0.427. The maximum atomic E-state index is 6.13. The Morgan fingerprint density at radius 3 is 1.94 bits per heavy atom. The number of alkyl halides is 1. The van der Waals surface area contributed by atoms with Crippen molar-refractivity contribution in [1.82, 2.24) is 0 Å². The van der Waals surface area contributed by atoms with Crippen LogP contribution in [0.2, 0.25) is 18.1 Å². The molecule has 0 rings (SSSR count). The van der Waals surface area contributed by atoms with E-state index >= 15 is 0 Å². The van der Waals surface area contributed by atoms with Crippen molar-refractivity contribution >= 4 is 19.9 Å². The van der Waals surface area contributed by atoms with E-state index in [1.54, 1.807) is 0 Å². The molecule has 0 fully saturated rings. The molecule has 0 saturated heterocycles. The van der Waals surface area contributed by atoms with Crippen LogP contribution in [-0.2, 0) is 9.16 Å². The summed E-state index contributed by atoms with van der Waals surface area (Å²) in [7, 11) is -1.67. The SMILES string of the molecule is CC(C)(CO[Si](C)(C)C(C)(C)C)OCCCl. The zero-order chi connectivity index (χ0) is 13.0. The van der Waals surface area contributed by atoms with Crippen molar-refractivity contribution in [2.45, 2.75) is 58.4 Å². The molecule has 0 atom stereocenters. The lowest BCUT2D eigenvalue weighted by Gasteiger charge is -2.38. The fourth-order valence-electron chi connectivity index (χ4n) is 0.927. The monoisotopic (exact) mass is 266 g/mol. The number of hydrogen-bond donors (Lipinski definition) is 0. The molecule has 0 unspecified atom stereocenters. The molecule has 98 valence electrons. The molecule has 4 heteroatoms. The predicted octanol–water partition coefficient (Wildman–Crippen LogP) is 4.04. The maximum absolute atomic E-state index is 6.13. The smallest absolute Gasteiger partial charge is 0.192 e. The van der Waals surface area contributed by atoms with Gasteiger partial charge in [-0.25, -0.2) is 0 Å². The van der Waals surface area contributed by atoms with Crippen molar-refractivity contribution in [2.75, 3.05) is 19.1 Å². The van der Waals surface area contributed by atoms with E-state index in [9.17, 15) is 0 Å². The minimum absolute atomic E-state index is 0.246. The van der Waals surface area contributed by atoms with E-state index in [0.717, 1.165) is 0 Å². The summed E-state index contributed by atoms with van der Waals surface area (Å²) in [6.07, 6.45) is 0. The summed E-state index contributed by atoms with van der Waals surface area (Å²) in [5.74, 6) is 0.531. The van der Waals surface area contributed by atoms with Crippen LogP contribution in [0.1, 0.15) is 34.6 Å². The summed E-state index contributed by atoms with van der Waals surface area (Å²) in [6, 6.07) is 0. The average molecular weight is 267 g/mol. The van der Waals surface area contributed by atoms with Gasteiger partial charge in [0.15, 0.2) is 8.32 Å². The van der Waals surface area contributed by atoms with E-state index in [1.807, 2.05) is 13.8 Å². The van der Waals surface area contributed by atoms with Crippen LogP contribution < -0.4 is 0 Å². The first-order chi connectivity index (χ1) is 7.02. The first-order valence-electron chi connectivity index (χ1n) is 5.86. The number of halogens is 1. The highest BCUT2D eigenvalue weighted by Gasteiger charge is 2.38. The van der Waals surface area contributed by atoms with Crippen molar-refractivity contribution in [3.05, 3.63) is 0 Å². The third-order valence-electron chi connectivity index (χ3n) is 3.16. The van der Waals surface area contributed by atoms with Crippen LogP contribution in [-0.4, -0.2) is 33.0 Å². The average Bonchev–Trinajstić information content (AvgIpc) is 2.10. The van der Waals surface area contributed by atoms with Gasteiger partial charge in [-0.1, -0.05) is 20.8 Å². The Morgan fingerprint density at radius 1 is 1.06 bits per heavy atom. The van der Waals surface area contributed by atoms with Crippen LogP contribution in [0.15, 0.2) is 0 Å². The third kappa shape index (κ3) is 5.67. The Balaban J connectivity index is 4.23. The molecule has 0 bridgehead atoms. The highest BCUT2D eigenvalue weighted by Crippen LogP contribution is 2.37. The van der Waals surface area contributed by atoms with Crippen molar-refractivity contribution in [3.8, 4) is 0 Å². The molecule has 0 heterocycles. The second kappa shape index (κ2) is 5.85. The molecule has 0 aromatic rings. The Kier molecular flexibility index (Phi) is 6.01. The third-order valence-corrected chi connectivity index (χ3v) is 7.79. The van der Waals surface area contributed by atoms with Gasteiger partial charge in [0.2, 0.25) is 0 Å². The maximum Gasteiger partial charge on any atom is 0.192 e. The van der Waals surface area contributed by atoms with E-state index in [2.05, 4.69) is 33.9 Å². The van der Waals surface area contributed by atoms with Crippen LogP contribution in [0, 0.1) is 0 Å². The summed E-state index contributed by atoms with van der Waals surface area (Å²) >= 11 is 5.61. The van der Waals surface area contributed by atoms with Crippen LogP contribution in [0.3, 0.4) is 0 Å². The van der Waals surface area contributed by atoms with Gasteiger partial charge in [0.1, 0.15) is 0 Å². The summed E-state index contributed by atoms with van der Waals surface area (Å²) in [4.78, 5) is 0. The van der Waals surface area contributed by atoms with Crippen LogP contribution in [0.5, 0.6) is 0 Å². The van der Waals surface area contributed by atoms with Crippen LogP contribution in [0.4, 0.5) is 0 Å². The van der Waals surface area contributed by atoms with E-state index in [-0.39, 0.29) is 10.6 Å². The molecule has 0 aliphatic carbocycles. The first-order valence-corrected chi connectivity index (χ1v) is 9.30. The summed E-state index contributed by atoms with van der Waals surface area (Å²) in [5, 5.41) is 0.246. The highest BCUT2D eigenvalue weighted by atomic mass is 35.5. The summed E-state index contributed by atoms with van der Waals surface area (Å²) in [6.45, 7) is 16.5. The molecule has 16 heavy (non-hydrogen) atoms. The fraction of sp³-hybridized carbons (Fsp3) is 1.00. The number of ether oxygens (including phenoxy) is 1. The number of hydrogen-bond acceptors (Lipinski definition) is 2. The minimum Gasteiger partial charge on any atom is -0.414 e. The standard InChI is InChI=1S/C12H27ClO2Si/c1-11(2,3)16(6,7)15-10-12(4,5)14-9-8-13/h8-10H2,1-7H3. The molecule has 0 aromatic heterocycles. The van der Waals surface area contributed by atoms with Crippen molar-refractivity contribution in [3.63, 3.8) is 0 Å². The molecule has 0 spiro atoms. The Morgan fingerprint density at radius 2 is 1.56 bits per heavy atom. The Labute approximate surface area is 107 Å². The minimum atomic E-state index is -1.67. The number of rotatable bonds is 6. The van der Waals surface area contributed by atoms with Crippen LogP contribution >= 0.6 is 11.6 Å². The molecule has 0 aliphatic rings. The second-order valence-corrected chi connectivity index (χ2v) is 11.5. The fourth-order valence-corrected chi connectivity index (χ4v) is 2.15. The Bertz CT molecular complexity index is 210. The van der Waals surface area contributed by atoms with Gasteiger partial charge in [-0.05, 0) is 32.0 Å². The molecule has 0 N–H and O–H groups in total. The molecular weight excluding hydrogens is 240 g/mol. The van der Waals surface area contributed by atoms with Gasteiger partial charge in [-0.3, -0.25) is 0 Å². The molecule has 0 amide bonds. The van der Waals surface area contributed by atoms with Crippen molar-refractivity contribution < 1.29 is 9.16 Å². The zero-order valence-electron chi connectivity index (χ0n) is 11.8. The van der Waals surface area contributed by atoms with Gasteiger partial charge in [0, 0.05) is 5.88 Å². The van der Waals surface area contributed by atoms with Crippen LogP contribution in [0.25, 0.3) is 0 Å². The predicted molar refractivity (Wildman–Crippen MR) is 73.9 cm³/mol. The summed E-state index contributed by atoms with van der Waals surface area (Å²) in [5.41, 5.74) is -0.246. The quantitative estimate of drug-likeness (QED) is 0.534. The molecule has 0 saturated carbocycles. The lowest BCUT2D eigenvalue weighted by molar-refractivity contribution is -0.0430. The zero-order valence-corrected chi connectivity index (χ0v) is 13.6. The van der Waals surface area contributed by atoms with E-state index in [0.29, 0.717) is 19.1 Å². The molecular formula is C12H27ClO2Si. The molecule has 0 aromatic carbocycles.